The summed E-state index contributed by atoms with van der Waals surface area (Å²) in [6.45, 7) is 0. The van der Waals surface area contributed by atoms with E-state index in [1.165, 1.54) is 51.4 Å². The molecule has 3 nitrogen and oxygen atoms in total. The summed E-state index contributed by atoms with van der Waals surface area (Å²) in [5.74, 6) is 3.95. The Balaban J connectivity index is 1.54. The molecule has 0 saturated heterocycles. The number of hydrogen-bond acceptors (Lipinski definition) is 3. The number of aliphatic hydroxyl groups excluding tert-OH is 1. The van der Waals surface area contributed by atoms with Crippen LogP contribution >= 0.6 is 0 Å². The van der Waals surface area contributed by atoms with E-state index in [2.05, 4.69) is 0 Å². The highest BCUT2D eigenvalue weighted by molar-refractivity contribution is 5.05. The summed E-state index contributed by atoms with van der Waals surface area (Å²) in [7, 11) is 1.87. The molecule has 0 spiro atoms. The van der Waals surface area contributed by atoms with E-state index >= 15 is 0 Å². The van der Waals surface area contributed by atoms with Crippen LogP contribution in [0.15, 0.2) is 0 Å². The summed E-state index contributed by atoms with van der Waals surface area (Å²) in [5, 5.41) is 20.1. The standard InChI is InChI=1S/C19H32O3/c1-22-13-5-7-14-12(11-13)4-6-16-15(14)8-10-19(18(20)21)9-2-3-17(16)19/h12-18,20-21H,2-11H2,1H3/t12?,13?,14-,15+,16+,17-,19+/m0/s1. The van der Waals surface area contributed by atoms with Gasteiger partial charge in [-0.3, -0.25) is 0 Å². The Morgan fingerprint density at radius 3 is 2.50 bits per heavy atom. The van der Waals surface area contributed by atoms with Crippen LogP contribution in [0, 0.1) is 35.0 Å². The highest BCUT2D eigenvalue weighted by Gasteiger charge is 2.57. The van der Waals surface area contributed by atoms with E-state index < -0.39 is 6.29 Å². The molecule has 0 bridgehead atoms. The minimum atomic E-state index is -1.09. The molecule has 7 atom stereocenters. The fourth-order valence-electron chi connectivity index (χ4n) is 7.18. The van der Waals surface area contributed by atoms with Crippen molar-refractivity contribution in [3.05, 3.63) is 0 Å². The molecule has 0 aliphatic heterocycles. The molecule has 4 aliphatic carbocycles. The predicted molar refractivity (Wildman–Crippen MR) is 85.1 cm³/mol. The van der Waals surface area contributed by atoms with E-state index in [4.69, 9.17) is 4.74 Å². The van der Waals surface area contributed by atoms with Crippen LogP contribution in [0.3, 0.4) is 0 Å². The second kappa shape index (κ2) is 5.75. The van der Waals surface area contributed by atoms with Crippen LogP contribution in [-0.4, -0.2) is 29.7 Å². The van der Waals surface area contributed by atoms with Gasteiger partial charge in [-0.1, -0.05) is 6.42 Å². The normalized spacial score (nSPS) is 51.3. The van der Waals surface area contributed by atoms with Gasteiger partial charge in [0.25, 0.3) is 0 Å². The molecule has 0 aromatic rings. The minimum Gasteiger partial charge on any atom is -0.381 e. The zero-order valence-electron chi connectivity index (χ0n) is 13.9. The van der Waals surface area contributed by atoms with Gasteiger partial charge in [-0.25, -0.2) is 0 Å². The molecular weight excluding hydrogens is 276 g/mol. The van der Waals surface area contributed by atoms with Crippen LogP contribution in [0.4, 0.5) is 0 Å². The van der Waals surface area contributed by atoms with Crippen molar-refractivity contribution in [2.24, 2.45) is 35.0 Å². The van der Waals surface area contributed by atoms with E-state index in [0.29, 0.717) is 12.0 Å². The average molecular weight is 308 g/mol. The number of aliphatic hydroxyl groups is 2. The SMILES string of the molecule is COC1CC[C@H]2C(CC[C@@H]3[C@@H]2CC[C@]2(C(O)O)CCC[C@@H]32)C1. The molecule has 0 amide bonds. The van der Waals surface area contributed by atoms with Gasteiger partial charge in [0.05, 0.1) is 6.10 Å². The van der Waals surface area contributed by atoms with Gasteiger partial charge in [-0.15, -0.1) is 0 Å². The molecule has 126 valence electrons. The first kappa shape index (κ1) is 15.4. The molecule has 4 fully saturated rings. The first-order valence-corrected chi connectivity index (χ1v) is 9.54. The number of methoxy groups -OCH3 is 1. The van der Waals surface area contributed by atoms with Crippen molar-refractivity contribution in [3.63, 3.8) is 0 Å². The Labute approximate surface area is 134 Å². The Kier molecular flexibility index (Phi) is 4.03. The van der Waals surface area contributed by atoms with Gasteiger partial charge in [0.2, 0.25) is 0 Å². The van der Waals surface area contributed by atoms with E-state index in [0.717, 1.165) is 36.5 Å². The Morgan fingerprint density at radius 2 is 1.73 bits per heavy atom. The fourth-order valence-corrected chi connectivity index (χ4v) is 7.18. The molecule has 2 unspecified atom stereocenters. The van der Waals surface area contributed by atoms with Crippen molar-refractivity contribution in [1.29, 1.82) is 0 Å². The number of ether oxygens (including phenoxy) is 1. The average Bonchev–Trinajstić information content (AvgIpc) is 2.99. The first-order chi connectivity index (χ1) is 10.7. The second-order valence-electron chi connectivity index (χ2n) is 8.64. The predicted octanol–water partition coefficient (Wildman–Crippen LogP) is 3.33. The monoisotopic (exact) mass is 308 g/mol. The van der Waals surface area contributed by atoms with Crippen molar-refractivity contribution in [2.75, 3.05) is 7.11 Å². The zero-order valence-corrected chi connectivity index (χ0v) is 13.9. The Morgan fingerprint density at radius 1 is 0.909 bits per heavy atom. The molecule has 22 heavy (non-hydrogen) atoms. The smallest absolute Gasteiger partial charge is 0.157 e. The molecular formula is C19H32O3. The quantitative estimate of drug-likeness (QED) is 0.769. The third kappa shape index (κ3) is 2.19. The van der Waals surface area contributed by atoms with Crippen LogP contribution in [0.5, 0.6) is 0 Å². The van der Waals surface area contributed by atoms with E-state index in [9.17, 15) is 10.2 Å². The third-order valence-corrected chi connectivity index (χ3v) is 8.17. The molecule has 4 rings (SSSR count). The minimum absolute atomic E-state index is 0.155. The molecule has 2 N–H and O–H groups in total. The molecule has 4 aliphatic rings. The van der Waals surface area contributed by atoms with Gasteiger partial charge in [0.15, 0.2) is 6.29 Å². The van der Waals surface area contributed by atoms with Gasteiger partial charge in [0, 0.05) is 12.5 Å². The zero-order chi connectivity index (χ0) is 15.3. The summed E-state index contributed by atoms with van der Waals surface area (Å²) >= 11 is 0. The molecule has 0 radical (unpaired) electrons. The van der Waals surface area contributed by atoms with Crippen molar-refractivity contribution in [2.45, 2.75) is 76.6 Å². The van der Waals surface area contributed by atoms with Crippen molar-refractivity contribution in [1.82, 2.24) is 0 Å². The van der Waals surface area contributed by atoms with Gasteiger partial charge >= 0.3 is 0 Å². The van der Waals surface area contributed by atoms with E-state index in [1.807, 2.05) is 7.11 Å². The topological polar surface area (TPSA) is 49.7 Å². The number of hydrogen-bond donors (Lipinski definition) is 2. The summed E-state index contributed by atoms with van der Waals surface area (Å²) in [4.78, 5) is 0. The maximum absolute atomic E-state index is 10.1. The molecule has 0 heterocycles. The maximum Gasteiger partial charge on any atom is 0.157 e. The highest BCUT2D eigenvalue weighted by atomic mass is 16.5. The van der Waals surface area contributed by atoms with Crippen LogP contribution in [0.1, 0.15) is 64.2 Å². The number of rotatable bonds is 2. The second-order valence-corrected chi connectivity index (χ2v) is 8.64. The van der Waals surface area contributed by atoms with Crippen molar-refractivity contribution in [3.8, 4) is 0 Å². The Hall–Kier alpha value is -0.120. The maximum atomic E-state index is 10.1. The van der Waals surface area contributed by atoms with Crippen LogP contribution in [-0.2, 0) is 4.74 Å². The van der Waals surface area contributed by atoms with Gasteiger partial charge in [-0.2, -0.15) is 0 Å². The van der Waals surface area contributed by atoms with Gasteiger partial charge in [-0.05, 0) is 87.4 Å². The molecule has 0 aromatic carbocycles. The molecule has 0 aromatic heterocycles. The lowest BCUT2D eigenvalue weighted by Gasteiger charge is -2.56. The lowest BCUT2D eigenvalue weighted by Crippen LogP contribution is -2.52. The molecule has 3 heteroatoms. The largest absolute Gasteiger partial charge is 0.381 e. The van der Waals surface area contributed by atoms with Gasteiger partial charge in [0.1, 0.15) is 0 Å². The fraction of sp³-hybridized carbons (Fsp3) is 1.00. The van der Waals surface area contributed by atoms with Crippen LogP contribution in [0.25, 0.3) is 0 Å². The summed E-state index contributed by atoms with van der Waals surface area (Å²) in [6.07, 6.45) is 11.7. The lowest BCUT2D eigenvalue weighted by atomic mass is 9.50. The third-order valence-electron chi connectivity index (χ3n) is 8.17. The Bertz CT molecular complexity index is 409. The van der Waals surface area contributed by atoms with E-state index in [-0.39, 0.29) is 5.41 Å². The van der Waals surface area contributed by atoms with Crippen LogP contribution < -0.4 is 0 Å². The number of fused-ring (bicyclic) bond motifs is 5. The lowest BCUT2D eigenvalue weighted by molar-refractivity contribution is -0.191. The summed E-state index contributed by atoms with van der Waals surface area (Å²) in [5.41, 5.74) is -0.155. The first-order valence-electron chi connectivity index (χ1n) is 9.54. The van der Waals surface area contributed by atoms with E-state index in [1.54, 1.807) is 0 Å². The molecule has 4 saturated carbocycles. The summed E-state index contributed by atoms with van der Waals surface area (Å²) in [6, 6.07) is 0. The van der Waals surface area contributed by atoms with Crippen LogP contribution in [0.2, 0.25) is 0 Å². The van der Waals surface area contributed by atoms with Crippen molar-refractivity contribution < 1.29 is 14.9 Å². The van der Waals surface area contributed by atoms with Gasteiger partial charge < -0.3 is 14.9 Å². The highest BCUT2D eigenvalue weighted by Crippen LogP contribution is 2.63. The van der Waals surface area contributed by atoms with Crippen molar-refractivity contribution >= 4 is 0 Å². The summed E-state index contributed by atoms with van der Waals surface area (Å²) < 4.78 is 5.63.